The van der Waals surface area contributed by atoms with Crippen molar-refractivity contribution in [3.05, 3.63) is 71.4 Å². The van der Waals surface area contributed by atoms with Gasteiger partial charge in [0.15, 0.2) is 0 Å². The van der Waals surface area contributed by atoms with Crippen LogP contribution in [0.1, 0.15) is 29.0 Å². The van der Waals surface area contributed by atoms with E-state index < -0.39 is 0 Å². The highest BCUT2D eigenvalue weighted by molar-refractivity contribution is 6.33. The Balaban J connectivity index is 1.40. The molecular weight excluding hydrogens is 418 g/mol. The Morgan fingerprint density at radius 3 is 2.58 bits per heavy atom. The third kappa shape index (κ3) is 4.61. The summed E-state index contributed by atoms with van der Waals surface area (Å²) in [6, 6.07) is 10.8. The van der Waals surface area contributed by atoms with Crippen LogP contribution in [0.2, 0.25) is 5.02 Å². The molecule has 0 radical (unpaired) electrons. The number of amides is 2. The molecule has 0 unspecified atom stereocenters. The van der Waals surface area contributed by atoms with Gasteiger partial charge in [-0.25, -0.2) is 0 Å². The predicted molar refractivity (Wildman–Crippen MR) is 117 cm³/mol. The zero-order valence-corrected chi connectivity index (χ0v) is 18.0. The van der Waals surface area contributed by atoms with Crippen LogP contribution in [0, 0.1) is 5.92 Å². The maximum Gasteiger partial charge on any atom is 0.257 e. The average molecular weight is 442 g/mol. The van der Waals surface area contributed by atoms with E-state index in [1.54, 1.807) is 29.4 Å². The molecule has 31 heavy (non-hydrogen) atoms. The van der Waals surface area contributed by atoms with Gasteiger partial charge in [-0.1, -0.05) is 11.6 Å². The zero-order valence-electron chi connectivity index (χ0n) is 17.2. The Morgan fingerprint density at radius 1 is 1.19 bits per heavy atom. The molecule has 4 rings (SSSR count). The number of piperidine rings is 1. The number of nitrogens with one attached hydrogen (secondary N) is 1. The van der Waals surface area contributed by atoms with Gasteiger partial charge in [0.2, 0.25) is 5.91 Å². The minimum absolute atomic E-state index is 0.0137. The third-order valence-electron chi connectivity index (χ3n) is 5.55. The molecule has 0 aliphatic carbocycles. The second-order valence-corrected chi connectivity index (χ2v) is 7.87. The van der Waals surface area contributed by atoms with Gasteiger partial charge in [-0.3, -0.25) is 9.59 Å². The van der Waals surface area contributed by atoms with E-state index in [0.29, 0.717) is 54.6 Å². The van der Waals surface area contributed by atoms with Gasteiger partial charge in [0.25, 0.3) is 5.91 Å². The quantitative estimate of drug-likeness (QED) is 0.629. The SMILES string of the molecule is COc1cc(-n2cccc2)c(Cl)cc1C(=O)N1CCC(C(=O)NCc2ccco2)CC1. The molecule has 1 N–H and O–H groups in total. The summed E-state index contributed by atoms with van der Waals surface area (Å²) in [4.78, 5) is 27.3. The number of hydrogen-bond donors (Lipinski definition) is 1. The van der Waals surface area contributed by atoms with Crippen molar-refractivity contribution in [1.82, 2.24) is 14.8 Å². The summed E-state index contributed by atoms with van der Waals surface area (Å²) in [5, 5.41) is 3.37. The van der Waals surface area contributed by atoms with Gasteiger partial charge in [0.05, 0.1) is 36.2 Å². The van der Waals surface area contributed by atoms with Crippen molar-refractivity contribution in [2.45, 2.75) is 19.4 Å². The fraction of sp³-hybridized carbons (Fsp3) is 0.304. The first-order valence-electron chi connectivity index (χ1n) is 10.2. The van der Waals surface area contributed by atoms with E-state index in [9.17, 15) is 9.59 Å². The van der Waals surface area contributed by atoms with Crippen molar-refractivity contribution in [3.8, 4) is 11.4 Å². The highest BCUT2D eigenvalue weighted by Crippen LogP contribution is 2.31. The maximum atomic E-state index is 13.2. The van der Waals surface area contributed by atoms with E-state index in [4.69, 9.17) is 20.8 Å². The molecule has 0 spiro atoms. The zero-order chi connectivity index (χ0) is 21.8. The fourth-order valence-electron chi connectivity index (χ4n) is 3.82. The van der Waals surface area contributed by atoms with Crippen molar-refractivity contribution < 1.29 is 18.7 Å². The van der Waals surface area contributed by atoms with E-state index in [1.165, 1.54) is 7.11 Å². The first kappa shape index (κ1) is 21.1. The second-order valence-electron chi connectivity index (χ2n) is 7.46. The van der Waals surface area contributed by atoms with Gasteiger partial charge in [0.1, 0.15) is 11.5 Å². The molecule has 1 aromatic carbocycles. The Bertz CT molecular complexity index is 1040. The van der Waals surface area contributed by atoms with Crippen LogP contribution in [0.15, 0.2) is 59.5 Å². The average Bonchev–Trinajstić information content (AvgIpc) is 3.51. The minimum Gasteiger partial charge on any atom is -0.496 e. The van der Waals surface area contributed by atoms with Crippen LogP contribution in [-0.2, 0) is 11.3 Å². The topological polar surface area (TPSA) is 76.7 Å². The summed E-state index contributed by atoms with van der Waals surface area (Å²) in [6.07, 6.45) is 6.55. The maximum absolute atomic E-state index is 13.2. The number of methoxy groups -OCH3 is 1. The van der Waals surface area contributed by atoms with Gasteiger partial charge in [-0.15, -0.1) is 0 Å². The predicted octanol–water partition coefficient (Wildman–Crippen LogP) is 3.90. The van der Waals surface area contributed by atoms with E-state index in [2.05, 4.69) is 5.32 Å². The normalized spacial score (nSPS) is 14.5. The molecule has 1 saturated heterocycles. The van der Waals surface area contributed by atoms with Crippen molar-refractivity contribution in [2.24, 2.45) is 5.92 Å². The molecule has 7 nitrogen and oxygen atoms in total. The van der Waals surface area contributed by atoms with Crippen molar-refractivity contribution in [2.75, 3.05) is 20.2 Å². The number of furan rings is 1. The van der Waals surface area contributed by atoms with Gasteiger partial charge in [-0.2, -0.15) is 0 Å². The fourth-order valence-corrected chi connectivity index (χ4v) is 4.08. The van der Waals surface area contributed by atoms with Crippen molar-refractivity contribution >= 4 is 23.4 Å². The molecule has 162 valence electrons. The number of carbonyl (C=O) groups is 2. The molecule has 3 heterocycles. The van der Waals surface area contributed by atoms with Crippen LogP contribution in [0.25, 0.3) is 5.69 Å². The summed E-state index contributed by atoms with van der Waals surface area (Å²) in [7, 11) is 1.54. The number of hydrogen-bond acceptors (Lipinski definition) is 4. The van der Waals surface area contributed by atoms with Crippen LogP contribution in [0.3, 0.4) is 0 Å². The number of nitrogens with zero attached hydrogens (tertiary/aromatic N) is 2. The van der Waals surface area contributed by atoms with Crippen LogP contribution in [0.4, 0.5) is 0 Å². The van der Waals surface area contributed by atoms with Crippen LogP contribution < -0.4 is 10.1 Å². The van der Waals surface area contributed by atoms with Crippen LogP contribution in [-0.4, -0.2) is 41.5 Å². The van der Waals surface area contributed by atoms with Gasteiger partial charge >= 0.3 is 0 Å². The lowest BCUT2D eigenvalue weighted by Crippen LogP contribution is -2.43. The Kier molecular flexibility index (Phi) is 6.32. The van der Waals surface area contributed by atoms with Crippen molar-refractivity contribution in [3.63, 3.8) is 0 Å². The first-order chi connectivity index (χ1) is 15.1. The molecule has 1 aliphatic heterocycles. The molecule has 1 fully saturated rings. The number of aromatic nitrogens is 1. The number of rotatable bonds is 6. The summed E-state index contributed by atoms with van der Waals surface area (Å²) in [5.41, 5.74) is 1.16. The summed E-state index contributed by atoms with van der Waals surface area (Å²) in [6.45, 7) is 1.37. The van der Waals surface area contributed by atoms with E-state index in [-0.39, 0.29) is 17.7 Å². The second kappa shape index (κ2) is 9.31. The van der Waals surface area contributed by atoms with Gasteiger partial charge in [0, 0.05) is 37.5 Å². The van der Waals surface area contributed by atoms with Crippen LogP contribution in [0.5, 0.6) is 5.75 Å². The third-order valence-corrected chi connectivity index (χ3v) is 5.85. The van der Waals surface area contributed by atoms with Crippen LogP contribution >= 0.6 is 11.6 Å². The standard InChI is InChI=1S/C23H24ClN3O4/c1-30-21-14-20(26-8-2-3-9-26)19(24)13-18(21)23(29)27-10-6-16(7-11-27)22(28)25-15-17-5-4-12-31-17/h2-5,8-9,12-14,16H,6-7,10-11,15H2,1H3,(H,25,28). The lowest BCUT2D eigenvalue weighted by Gasteiger charge is -2.31. The first-order valence-corrected chi connectivity index (χ1v) is 10.5. The number of carbonyl (C=O) groups excluding carboxylic acids is 2. The van der Waals surface area contributed by atoms with E-state index >= 15 is 0 Å². The highest BCUT2D eigenvalue weighted by Gasteiger charge is 2.29. The molecule has 3 aromatic rings. The Morgan fingerprint density at radius 2 is 1.94 bits per heavy atom. The molecule has 2 amide bonds. The molecule has 8 heteroatoms. The Hall–Kier alpha value is -3.19. The lowest BCUT2D eigenvalue weighted by molar-refractivity contribution is -0.126. The van der Waals surface area contributed by atoms with Gasteiger partial charge in [-0.05, 0) is 43.2 Å². The number of likely N-dealkylation sites (tertiary alicyclic amines) is 1. The Labute approximate surface area is 185 Å². The molecule has 0 atom stereocenters. The van der Waals surface area contributed by atoms with Gasteiger partial charge < -0.3 is 23.9 Å². The van der Waals surface area contributed by atoms with Crippen molar-refractivity contribution in [1.29, 1.82) is 0 Å². The molecule has 0 saturated carbocycles. The summed E-state index contributed by atoms with van der Waals surface area (Å²) >= 11 is 6.47. The molecule has 0 bridgehead atoms. The monoisotopic (exact) mass is 441 g/mol. The smallest absolute Gasteiger partial charge is 0.257 e. The number of benzene rings is 1. The molecular formula is C23H24ClN3O4. The lowest BCUT2D eigenvalue weighted by atomic mass is 9.95. The number of ether oxygens (including phenoxy) is 1. The minimum atomic E-state index is -0.146. The van der Waals surface area contributed by atoms with E-state index in [1.807, 2.05) is 35.2 Å². The molecule has 2 aromatic heterocycles. The van der Waals surface area contributed by atoms with E-state index in [0.717, 1.165) is 5.69 Å². The summed E-state index contributed by atoms with van der Waals surface area (Å²) < 4.78 is 12.6. The molecule has 1 aliphatic rings. The number of halogens is 1. The highest BCUT2D eigenvalue weighted by atomic mass is 35.5. The largest absolute Gasteiger partial charge is 0.496 e. The summed E-state index contributed by atoms with van der Waals surface area (Å²) in [5.74, 6) is 0.901.